The van der Waals surface area contributed by atoms with E-state index in [0.29, 0.717) is 0 Å². The van der Waals surface area contributed by atoms with Gasteiger partial charge < -0.3 is 5.11 Å². The van der Waals surface area contributed by atoms with Crippen molar-refractivity contribution in [1.29, 1.82) is 0 Å². The average molecular weight is 285 g/mol. The zero-order valence-corrected chi connectivity index (χ0v) is 12.8. The number of benzene rings is 1. The van der Waals surface area contributed by atoms with Gasteiger partial charge in [-0.25, -0.2) is 0 Å². The molecule has 2 aromatic rings. The monoisotopic (exact) mass is 285 g/mol. The van der Waals surface area contributed by atoms with Crippen molar-refractivity contribution in [1.82, 2.24) is 14.7 Å². The van der Waals surface area contributed by atoms with Crippen LogP contribution in [-0.4, -0.2) is 39.5 Å². The van der Waals surface area contributed by atoms with E-state index in [4.69, 9.17) is 0 Å². The summed E-state index contributed by atoms with van der Waals surface area (Å²) in [4.78, 5) is 2.44. The number of rotatable bonds is 4. The lowest BCUT2D eigenvalue weighted by Crippen LogP contribution is -2.27. The lowest BCUT2D eigenvalue weighted by Gasteiger charge is -2.22. The smallest absolute Gasteiger partial charge is 0.0682 e. The molecule has 0 amide bonds. The van der Waals surface area contributed by atoms with Crippen LogP contribution in [0.3, 0.4) is 0 Å². The van der Waals surface area contributed by atoms with Gasteiger partial charge in [0, 0.05) is 43.9 Å². The van der Waals surface area contributed by atoms with Crippen LogP contribution in [0.5, 0.6) is 0 Å². The highest BCUT2D eigenvalue weighted by molar-refractivity contribution is 5.63. The Kier molecular flexibility index (Phi) is 3.83. The molecule has 0 radical (unpaired) electrons. The molecule has 1 unspecified atom stereocenters. The predicted octanol–water partition coefficient (Wildman–Crippen LogP) is 2.29. The molecule has 0 bridgehead atoms. The molecule has 1 atom stereocenters. The summed E-state index contributed by atoms with van der Waals surface area (Å²) in [5.41, 5.74) is 3.77. The van der Waals surface area contributed by atoms with Crippen LogP contribution in [0.4, 0.5) is 0 Å². The SMILES string of the molecule is Cn1nccc1-c1ccccc1CN1CCC(C)(CO)C1. The van der Waals surface area contributed by atoms with Crippen molar-refractivity contribution in [2.75, 3.05) is 19.7 Å². The quantitative estimate of drug-likeness (QED) is 0.937. The van der Waals surface area contributed by atoms with Gasteiger partial charge in [-0.2, -0.15) is 5.10 Å². The van der Waals surface area contributed by atoms with E-state index in [2.05, 4.69) is 47.3 Å². The topological polar surface area (TPSA) is 41.3 Å². The number of likely N-dealkylation sites (tertiary alicyclic amines) is 1. The van der Waals surface area contributed by atoms with Gasteiger partial charge >= 0.3 is 0 Å². The third kappa shape index (κ3) is 2.87. The zero-order valence-electron chi connectivity index (χ0n) is 12.8. The predicted molar refractivity (Wildman–Crippen MR) is 83.7 cm³/mol. The molecule has 1 aromatic carbocycles. The molecule has 1 N–H and O–H groups in total. The second kappa shape index (κ2) is 5.62. The largest absolute Gasteiger partial charge is 0.396 e. The Morgan fingerprint density at radius 2 is 2.10 bits per heavy atom. The summed E-state index contributed by atoms with van der Waals surface area (Å²) >= 11 is 0. The highest BCUT2D eigenvalue weighted by Crippen LogP contribution is 2.31. The van der Waals surface area contributed by atoms with Gasteiger partial charge in [-0.1, -0.05) is 31.2 Å². The van der Waals surface area contributed by atoms with Gasteiger partial charge in [-0.05, 0) is 24.6 Å². The minimum Gasteiger partial charge on any atom is -0.396 e. The van der Waals surface area contributed by atoms with Gasteiger partial charge in [-0.15, -0.1) is 0 Å². The van der Waals surface area contributed by atoms with Crippen LogP contribution in [0.2, 0.25) is 0 Å². The lowest BCUT2D eigenvalue weighted by molar-refractivity contribution is 0.144. The van der Waals surface area contributed by atoms with Crippen LogP contribution in [0, 0.1) is 5.41 Å². The summed E-state index contributed by atoms with van der Waals surface area (Å²) in [6.07, 6.45) is 2.90. The highest BCUT2D eigenvalue weighted by Gasteiger charge is 2.33. The Morgan fingerprint density at radius 3 is 2.76 bits per heavy atom. The lowest BCUT2D eigenvalue weighted by atomic mass is 9.91. The van der Waals surface area contributed by atoms with Crippen LogP contribution in [0.25, 0.3) is 11.3 Å². The maximum Gasteiger partial charge on any atom is 0.0682 e. The average Bonchev–Trinajstić information content (AvgIpc) is 3.07. The maximum absolute atomic E-state index is 9.51. The summed E-state index contributed by atoms with van der Waals surface area (Å²) < 4.78 is 1.92. The van der Waals surface area contributed by atoms with E-state index in [1.54, 1.807) is 0 Å². The standard InChI is InChI=1S/C17H23N3O/c1-17(13-21)8-10-20(12-17)11-14-5-3-4-6-15(14)16-7-9-18-19(16)2/h3-7,9,21H,8,10-13H2,1-2H3. The van der Waals surface area contributed by atoms with Crippen LogP contribution in [-0.2, 0) is 13.6 Å². The van der Waals surface area contributed by atoms with E-state index >= 15 is 0 Å². The molecule has 0 saturated carbocycles. The molecule has 0 aliphatic carbocycles. The first kappa shape index (κ1) is 14.3. The Morgan fingerprint density at radius 1 is 1.29 bits per heavy atom. The Bertz CT molecular complexity index is 622. The minimum atomic E-state index is 0.0570. The molecule has 2 heterocycles. The summed E-state index contributed by atoms with van der Waals surface area (Å²) in [5, 5.41) is 13.8. The van der Waals surface area contributed by atoms with E-state index in [1.807, 2.05) is 17.9 Å². The van der Waals surface area contributed by atoms with Crippen molar-refractivity contribution in [2.45, 2.75) is 19.9 Å². The number of nitrogens with zero attached hydrogens (tertiary/aromatic N) is 3. The van der Waals surface area contributed by atoms with Gasteiger partial charge in [0.25, 0.3) is 0 Å². The third-order valence-corrected chi connectivity index (χ3v) is 4.53. The normalized spacial score (nSPS) is 22.8. The first-order valence-corrected chi connectivity index (χ1v) is 7.51. The first-order chi connectivity index (χ1) is 10.1. The van der Waals surface area contributed by atoms with Gasteiger partial charge in [0.1, 0.15) is 0 Å². The molecule has 4 nitrogen and oxygen atoms in total. The Hall–Kier alpha value is -1.65. The fourth-order valence-corrected chi connectivity index (χ4v) is 3.18. The molecular formula is C17H23N3O. The fourth-order valence-electron chi connectivity index (χ4n) is 3.18. The van der Waals surface area contributed by atoms with Crippen molar-refractivity contribution >= 4 is 0 Å². The molecule has 1 aliphatic rings. The van der Waals surface area contributed by atoms with Crippen molar-refractivity contribution in [2.24, 2.45) is 12.5 Å². The van der Waals surface area contributed by atoms with E-state index in [0.717, 1.165) is 31.7 Å². The van der Waals surface area contributed by atoms with Gasteiger partial charge in [-0.3, -0.25) is 9.58 Å². The molecule has 3 rings (SSSR count). The van der Waals surface area contributed by atoms with Gasteiger partial charge in [0.2, 0.25) is 0 Å². The highest BCUT2D eigenvalue weighted by atomic mass is 16.3. The molecule has 1 aliphatic heterocycles. The van der Waals surface area contributed by atoms with Crippen molar-refractivity contribution in [3.63, 3.8) is 0 Å². The number of aliphatic hydroxyl groups is 1. The Labute approximate surface area is 126 Å². The molecule has 4 heteroatoms. The van der Waals surface area contributed by atoms with E-state index < -0.39 is 0 Å². The third-order valence-electron chi connectivity index (χ3n) is 4.53. The fraction of sp³-hybridized carbons (Fsp3) is 0.471. The second-order valence-corrected chi connectivity index (χ2v) is 6.43. The maximum atomic E-state index is 9.51. The number of hydrogen-bond acceptors (Lipinski definition) is 3. The van der Waals surface area contributed by atoms with Crippen LogP contribution in [0.15, 0.2) is 36.5 Å². The first-order valence-electron chi connectivity index (χ1n) is 7.51. The molecule has 0 spiro atoms. The number of aromatic nitrogens is 2. The molecule has 112 valence electrons. The molecule has 1 aromatic heterocycles. The molecule has 1 fully saturated rings. The van der Waals surface area contributed by atoms with E-state index in [9.17, 15) is 5.11 Å². The summed E-state index contributed by atoms with van der Waals surface area (Å²) in [6.45, 7) is 5.38. The molecule has 1 saturated heterocycles. The number of aliphatic hydroxyl groups excluding tert-OH is 1. The number of aryl methyl sites for hydroxylation is 1. The number of hydrogen-bond donors (Lipinski definition) is 1. The van der Waals surface area contributed by atoms with Crippen molar-refractivity contribution in [3.8, 4) is 11.3 Å². The van der Waals surface area contributed by atoms with Gasteiger partial charge in [0.05, 0.1) is 5.69 Å². The van der Waals surface area contributed by atoms with Crippen molar-refractivity contribution in [3.05, 3.63) is 42.1 Å². The molecular weight excluding hydrogens is 262 g/mol. The van der Waals surface area contributed by atoms with Gasteiger partial charge in [0.15, 0.2) is 0 Å². The summed E-state index contributed by atoms with van der Waals surface area (Å²) in [7, 11) is 1.98. The van der Waals surface area contributed by atoms with Crippen LogP contribution < -0.4 is 0 Å². The van der Waals surface area contributed by atoms with E-state index in [1.165, 1.54) is 11.1 Å². The minimum absolute atomic E-state index is 0.0570. The van der Waals surface area contributed by atoms with E-state index in [-0.39, 0.29) is 12.0 Å². The van der Waals surface area contributed by atoms with Crippen LogP contribution in [0.1, 0.15) is 18.9 Å². The molecule has 21 heavy (non-hydrogen) atoms. The second-order valence-electron chi connectivity index (χ2n) is 6.43. The van der Waals surface area contributed by atoms with Crippen LogP contribution >= 0.6 is 0 Å². The Balaban J connectivity index is 1.83. The zero-order chi connectivity index (χ0) is 14.9. The summed E-state index contributed by atoms with van der Waals surface area (Å²) in [6, 6.07) is 10.6. The summed E-state index contributed by atoms with van der Waals surface area (Å²) in [5.74, 6) is 0. The van der Waals surface area contributed by atoms with Crippen molar-refractivity contribution < 1.29 is 5.11 Å².